The number of carbonyl (C=O) groups excluding carboxylic acids is 1. The van der Waals surface area contributed by atoms with E-state index in [1.807, 2.05) is 72.2 Å². The number of carbonyl (C=O) groups is 1. The Hall–Kier alpha value is -2.93. The van der Waals surface area contributed by atoms with Gasteiger partial charge in [0, 0.05) is 17.0 Å². The van der Waals surface area contributed by atoms with Gasteiger partial charge in [-0.2, -0.15) is 5.10 Å². The molecule has 29 heavy (non-hydrogen) atoms. The third kappa shape index (κ3) is 5.32. The van der Waals surface area contributed by atoms with Crippen LogP contribution >= 0.6 is 11.8 Å². The predicted octanol–water partition coefficient (Wildman–Crippen LogP) is 4.56. The molecule has 0 radical (unpaired) electrons. The van der Waals surface area contributed by atoms with Crippen LogP contribution in [0.25, 0.3) is 17.1 Å². The van der Waals surface area contributed by atoms with E-state index in [2.05, 4.69) is 34.6 Å². The topological polar surface area (TPSA) is 72.2 Å². The summed E-state index contributed by atoms with van der Waals surface area (Å²) in [6, 6.07) is 19.8. The van der Waals surface area contributed by atoms with Crippen LogP contribution in [0.15, 0.2) is 70.9 Å². The smallest absolute Gasteiger partial charge is 0.250 e. The van der Waals surface area contributed by atoms with Gasteiger partial charge in [0.05, 0.1) is 5.75 Å². The van der Waals surface area contributed by atoms with Gasteiger partial charge in [-0.1, -0.05) is 74.1 Å². The van der Waals surface area contributed by atoms with Crippen molar-refractivity contribution in [1.29, 1.82) is 0 Å². The highest BCUT2D eigenvalue weighted by Crippen LogP contribution is 2.27. The van der Waals surface area contributed by atoms with Crippen LogP contribution in [0.4, 0.5) is 0 Å². The van der Waals surface area contributed by atoms with E-state index in [-0.39, 0.29) is 11.7 Å². The van der Waals surface area contributed by atoms with Gasteiger partial charge in [0.2, 0.25) is 0 Å². The van der Waals surface area contributed by atoms with E-state index in [0.717, 1.165) is 29.2 Å². The zero-order valence-corrected chi connectivity index (χ0v) is 17.7. The molecule has 0 bridgehead atoms. The molecule has 0 aliphatic rings. The van der Waals surface area contributed by atoms with Gasteiger partial charge in [0.1, 0.15) is 0 Å². The fraction of sp³-hybridized carbons (Fsp3) is 0.273. The van der Waals surface area contributed by atoms with E-state index >= 15 is 0 Å². The molecule has 3 rings (SSSR count). The number of nitrogens with one attached hydrogen (secondary N) is 1. The second-order valence-electron chi connectivity index (χ2n) is 6.73. The monoisotopic (exact) mass is 407 g/mol. The van der Waals surface area contributed by atoms with Gasteiger partial charge in [-0.05, 0) is 31.4 Å². The molecule has 0 aliphatic heterocycles. The van der Waals surface area contributed by atoms with E-state index in [1.54, 1.807) is 0 Å². The first-order valence-electron chi connectivity index (χ1n) is 9.62. The highest BCUT2D eigenvalue weighted by molar-refractivity contribution is 7.99. The van der Waals surface area contributed by atoms with Gasteiger partial charge >= 0.3 is 0 Å². The third-order valence-electron chi connectivity index (χ3n) is 4.69. The van der Waals surface area contributed by atoms with E-state index in [9.17, 15) is 4.79 Å². The van der Waals surface area contributed by atoms with Crippen molar-refractivity contribution in [1.82, 2.24) is 20.2 Å². The minimum absolute atomic E-state index is 0.165. The molecule has 3 aromatic rings. The first kappa shape index (κ1) is 20.8. The lowest BCUT2D eigenvalue weighted by Gasteiger charge is -2.10. The van der Waals surface area contributed by atoms with Crippen LogP contribution < -0.4 is 5.43 Å². The number of nitrogens with zero attached hydrogens (tertiary/aromatic N) is 4. The van der Waals surface area contributed by atoms with Gasteiger partial charge in [-0.3, -0.25) is 9.36 Å². The number of rotatable bonds is 8. The number of hydrogen-bond acceptors (Lipinski definition) is 5. The molecule has 1 N–H and O–H groups in total. The van der Waals surface area contributed by atoms with E-state index in [1.165, 1.54) is 11.8 Å². The lowest BCUT2D eigenvalue weighted by Crippen LogP contribution is -2.22. The molecule has 0 saturated carbocycles. The Bertz CT molecular complexity index is 969. The molecule has 2 aromatic carbocycles. The van der Waals surface area contributed by atoms with Gasteiger partial charge < -0.3 is 0 Å². The highest BCUT2D eigenvalue weighted by atomic mass is 32.2. The van der Waals surface area contributed by atoms with Gasteiger partial charge in [-0.15, -0.1) is 10.2 Å². The summed E-state index contributed by atoms with van der Waals surface area (Å²) in [7, 11) is 0. The molecule has 150 valence electrons. The average Bonchev–Trinajstić information content (AvgIpc) is 3.20. The lowest BCUT2D eigenvalue weighted by atomic mass is 10.1. The van der Waals surface area contributed by atoms with Crippen LogP contribution in [-0.2, 0) is 4.79 Å². The van der Waals surface area contributed by atoms with Crippen molar-refractivity contribution in [3.05, 3.63) is 60.7 Å². The Morgan fingerprint density at radius 1 is 1.10 bits per heavy atom. The summed E-state index contributed by atoms with van der Waals surface area (Å²) in [5.74, 6) is 1.13. The molecule has 1 aromatic heterocycles. The van der Waals surface area contributed by atoms with Crippen molar-refractivity contribution in [3.63, 3.8) is 0 Å². The molecule has 0 fully saturated rings. The van der Waals surface area contributed by atoms with Crippen molar-refractivity contribution in [2.75, 3.05) is 5.75 Å². The molecule has 6 nitrogen and oxygen atoms in total. The second kappa shape index (κ2) is 10.0. The summed E-state index contributed by atoms with van der Waals surface area (Å²) >= 11 is 1.34. The number of thioether (sulfide) groups is 1. The maximum Gasteiger partial charge on any atom is 0.250 e. The van der Waals surface area contributed by atoms with E-state index < -0.39 is 0 Å². The second-order valence-corrected chi connectivity index (χ2v) is 7.67. The quantitative estimate of drug-likeness (QED) is 0.337. The Labute approximate surface area is 175 Å². The highest BCUT2D eigenvalue weighted by Gasteiger charge is 2.17. The fourth-order valence-corrected chi connectivity index (χ4v) is 3.41. The molecule has 1 atom stereocenters. The summed E-state index contributed by atoms with van der Waals surface area (Å²) in [6.07, 6.45) is 0.988. The van der Waals surface area contributed by atoms with Gasteiger partial charge in [0.15, 0.2) is 11.0 Å². The minimum Gasteiger partial charge on any atom is -0.272 e. The predicted molar refractivity (Wildman–Crippen MR) is 118 cm³/mol. The number of aromatic nitrogens is 3. The van der Waals surface area contributed by atoms with Crippen molar-refractivity contribution < 1.29 is 4.79 Å². The molecule has 0 aliphatic carbocycles. The van der Waals surface area contributed by atoms with E-state index in [4.69, 9.17) is 0 Å². The lowest BCUT2D eigenvalue weighted by molar-refractivity contribution is -0.118. The zero-order chi connectivity index (χ0) is 20.6. The number of benzene rings is 2. The zero-order valence-electron chi connectivity index (χ0n) is 16.9. The molecule has 0 spiro atoms. The van der Waals surface area contributed by atoms with Crippen LogP contribution in [0.5, 0.6) is 0 Å². The first-order chi connectivity index (χ1) is 14.1. The summed E-state index contributed by atoms with van der Waals surface area (Å²) < 4.78 is 1.97. The van der Waals surface area contributed by atoms with Gasteiger partial charge in [-0.25, -0.2) is 5.43 Å². The Kier molecular flexibility index (Phi) is 7.19. The van der Waals surface area contributed by atoms with Crippen LogP contribution in [0, 0.1) is 5.92 Å². The van der Waals surface area contributed by atoms with Crippen LogP contribution in [0.3, 0.4) is 0 Å². The fourth-order valence-electron chi connectivity index (χ4n) is 2.67. The summed E-state index contributed by atoms with van der Waals surface area (Å²) in [6.45, 7) is 6.12. The summed E-state index contributed by atoms with van der Waals surface area (Å²) in [4.78, 5) is 12.3. The molecule has 0 saturated heterocycles. The molecule has 1 heterocycles. The Balaban J connectivity index is 1.80. The number of para-hydroxylation sites is 1. The van der Waals surface area contributed by atoms with Crippen molar-refractivity contribution in [2.45, 2.75) is 32.3 Å². The SMILES string of the molecule is CCC(C)/C(C)=N/NC(=O)CSc1nnc(-c2ccccc2)n1-c1ccccc1. The van der Waals surface area contributed by atoms with Crippen molar-refractivity contribution in [3.8, 4) is 17.1 Å². The van der Waals surface area contributed by atoms with Crippen molar-refractivity contribution >= 4 is 23.4 Å². The molecule has 1 unspecified atom stereocenters. The largest absolute Gasteiger partial charge is 0.272 e. The Morgan fingerprint density at radius 2 is 1.76 bits per heavy atom. The normalized spacial score (nSPS) is 12.6. The molecular formula is C22H25N5OS. The average molecular weight is 408 g/mol. The first-order valence-corrected chi connectivity index (χ1v) is 10.6. The van der Waals surface area contributed by atoms with Crippen LogP contribution in [0.2, 0.25) is 0 Å². The van der Waals surface area contributed by atoms with Gasteiger partial charge in [0.25, 0.3) is 5.91 Å². The maximum absolute atomic E-state index is 12.3. The number of hydrazone groups is 1. The van der Waals surface area contributed by atoms with Crippen molar-refractivity contribution in [2.24, 2.45) is 11.0 Å². The Morgan fingerprint density at radius 3 is 2.41 bits per heavy atom. The van der Waals surface area contributed by atoms with Crippen LogP contribution in [-0.4, -0.2) is 32.1 Å². The molecular weight excluding hydrogens is 382 g/mol. The molecule has 1 amide bonds. The number of hydrogen-bond donors (Lipinski definition) is 1. The maximum atomic E-state index is 12.3. The number of amides is 1. The van der Waals surface area contributed by atoms with Crippen LogP contribution in [0.1, 0.15) is 27.2 Å². The van der Waals surface area contributed by atoms with E-state index in [0.29, 0.717) is 11.1 Å². The summed E-state index contributed by atoms with van der Waals surface area (Å²) in [5, 5.41) is 13.6. The summed E-state index contributed by atoms with van der Waals surface area (Å²) in [5.41, 5.74) is 5.47. The minimum atomic E-state index is -0.165. The third-order valence-corrected chi connectivity index (χ3v) is 5.62. The molecule has 7 heteroatoms. The standard InChI is InChI=1S/C22H25N5OS/c1-4-16(2)17(3)23-24-20(28)15-29-22-26-25-21(18-11-7-5-8-12-18)27(22)19-13-9-6-10-14-19/h5-14,16H,4,15H2,1-3H3,(H,24,28)/b23-17+.